The molecule has 0 atom stereocenters. The topological polar surface area (TPSA) is 72.6 Å². The van der Waals surface area contributed by atoms with Gasteiger partial charge in [-0.05, 0) is 53.8 Å². The van der Waals surface area contributed by atoms with Gasteiger partial charge in [0.2, 0.25) is 0 Å². The van der Waals surface area contributed by atoms with Crippen molar-refractivity contribution in [3.8, 4) is 28.1 Å². The molecule has 3 aromatic carbocycles. The third-order valence-electron chi connectivity index (χ3n) is 5.82. The van der Waals surface area contributed by atoms with Crippen LogP contribution in [0.15, 0.2) is 71.3 Å². The second-order valence-electron chi connectivity index (χ2n) is 8.33. The zero-order valence-electron chi connectivity index (χ0n) is 18.1. The van der Waals surface area contributed by atoms with Crippen LogP contribution in [0.25, 0.3) is 22.4 Å². The molecule has 1 aliphatic rings. The molecule has 1 heterocycles. The molecule has 1 aliphatic carbocycles. The molecule has 172 valence electrons. The van der Waals surface area contributed by atoms with Gasteiger partial charge in [-0.15, -0.1) is 0 Å². The van der Waals surface area contributed by atoms with Gasteiger partial charge in [0.15, 0.2) is 0 Å². The molecule has 7 heteroatoms. The van der Waals surface area contributed by atoms with Crippen LogP contribution in [0.4, 0.5) is 0 Å². The summed E-state index contributed by atoms with van der Waals surface area (Å²) in [4.78, 5) is 11.0. The Morgan fingerprint density at radius 2 is 1.71 bits per heavy atom. The van der Waals surface area contributed by atoms with Crippen LogP contribution in [0.3, 0.4) is 0 Å². The predicted molar refractivity (Wildman–Crippen MR) is 131 cm³/mol. The molecule has 4 aromatic rings. The molecule has 34 heavy (non-hydrogen) atoms. The fraction of sp³-hybridized carbons (Fsp3) is 0.185. The summed E-state index contributed by atoms with van der Waals surface area (Å²) in [5.41, 5.74) is 4.82. The Hall–Kier alpha value is -3.28. The van der Waals surface area contributed by atoms with Crippen LogP contribution in [0.2, 0.25) is 10.0 Å². The number of nitrogens with zero attached hydrogens (tertiary/aromatic N) is 1. The SMILES string of the molecule is O=C(O)Cc1cccc(-c2ccc(OCc3c(-c4c(Cl)cccc4Cl)noc3C3CC3)cc2)c1. The number of halogens is 2. The molecule has 1 saturated carbocycles. The van der Waals surface area contributed by atoms with Crippen LogP contribution in [-0.2, 0) is 17.8 Å². The van der Waals surface area contributed by atoms with Gasteiger partial charge in [0.05, 0.1) is 22.0 Å². The Kier molecular flexibility index (Phi) is 6.31. The molecule has 0 spiro atoms. The highest BCUT2D eigenvalue weighted by molar-refractivity contribution is 6.39. The summed E-state index contributed by atoms with van der Waals surface area (Å²) in [6.07, 6.45) is 2.12. The summed E-state index contributed by atoms with van der Waals surface area (Å²) in [7, 11) is 0. The number of carbonyl (C=O) groups is 1. The van der Waals surface area contributed by atoms with Crippen molar-refractivity contribution < 1.29 is 19.2 Å². The first-order valence-corrected chi connectivity index (χ1v) is 11.7. The van der Waals surface area contributed by atoms with Crippen molar-refractivity contribution >= 4 is 29.2 Å². The Labute approximate surface area is 206 Å². The van der Waals surface area contributed by atoms with E-state index < -0.39 is 5.97 Å². The Balaban J connectivity index is 1.37. The lowest BCUT2D eigenvalue weighted by atomic mass is 10.0. The third-order valence-corrected chi connectivity index (χ3v) is 6.45. The van der Waals surface area contributed by atoms with Crippen LogP contribution >= 0.6 is 23.2 Å². The van der Waals surface area contributed by atoms with Gasteiger partial charge in [0, 0.05) is 11.5 Å². The molecule has 1 N–H and O–H groups in total. The predicted octanol–water partition coefficient (Wildman–Crippen LogP) is 7.40. The zero-order chi connectivity index (χ0) is 23.7. The first-order chi connectivity index (χ1) is 16.5. The minimum atomic E-state index is -0.849. The molecule has 0 radical (unpaired) electrons. The lowest BCUT2D eigenvalue weighted by Gasteiger charge is -2.10. The number of carboxylic acid groups (broad SMARTS) is 1. The second kappa shape index (κ2) is 9.53. The van der Waals surface area contributed by atoms with Crippen molar-refractivity contribution in [1.82, 2.24) is 5.16 Å². The molecular weight excluding hydrogens is 473 g/mol. The average molecular weight is 494 g/mol. The van der Waals surface area contributed by atoms with Gasteiger partial charge in [-0.3, -0.25) is 4.79 Å². The van der Waals surface area contributed by atoms with Gasteiger partial charge in [0.1, 0.15) is 23.8 Å². The lowest BCUT2D eigenvalue weighted by molar-refractivity contribution is -0.136. The number of aliphatic carboxylic acids is 1. The Morgan fingerprint density at radius 3 is 2.38 bits per heavy atom. The minimum absolute atomic E-state index is 0.00508. The zero-order valence-corrected chi connectivity index (χ0v) is 19.6. The Bertz CT molecular complexity index is 1320. The highest BCUT2D eigenvalue weighted by Crippen LogP contribution is 2.46. The molecule has 5 rings (SSSR count). The number of rotatable bonds is 8. The maximum Gasteiger partial charge on any atom is 0.307 e. The van der Waals surface area contributed by atoms with E-state index in [1.165, 1.54) is 0 Å². The molecule has 0 amide bonds. The molecule has 0 aliphatic heterocycles. The maximum absolute atomic E-state index is 11.0. The van der Waals surface area contributed by atoms with Gasteiger partial charge in [-0.25, -0.2) is 0 Å². The number of hydrogen-bond acceptors (Lipinski definition) is 4. The molecule has 1 fully saturated rings. The average Bonchev–Trinajstić information content (AvgIpc) is 3.58. The van der Waals surface area contributed by atoms with Crippen molar-refractivity contribution in [3.63, 3.8) is 0 Å². The van der Waals surface area contributed by atoms with E-state index in [2.05, 4.69) is 5.16 Å². The van der Waals surface area contributed by atoms with E-state index in [0.717, 1.165) is 40.9 Å². The molecule has 1 aromatic heterocycles. The van der Waals surface area contributed by atoms with Crippen LogP contribution < -0.4 is 4.74 Å². The third kappa shape index (κ3) is 4.81. The summed E-state index contributed by atoms with van der Waals surface area (Å²) >= 11 is 12.9. The first kappa shape index (κ1) is 22.5. The number of benzene rings is 3. The van der Waals surface area contributed by atoms with Crippen molar-refractivity contribution in [2.75, 3.05) is 0 Å². The maximum atomic E-state index is 11.0. The van der Waals surface area contributed by atoms with Crippen LogP contribution in [0, 0.1) is 0 Å². The number of carboxylic acids is 1. The van der Waals surface area contributed by atoms with Gasteiger partial charge < -0.3 is 14.4 Å². The number of hydrogen-bond donors (Lipinski definition) is 1. The smallest absolute Gasteiger partial charge is 0.307 e. The number of ether oxygens (including phenoxy) is 1. The lowest BCUT2D eigenvalue weighted by Crippen LogP contribution is -2.00. The van der Waals surface area contributed by atoms with E-state index in [0.29, 0.717) is 33.0 Å². The summed E-state index contributed by atoms with van der Waals surface area (Å²) in [5, 5.41) is 14.4. The molecule has 0 unspecified atom stereocenters. The minimum Gasteiger partial charge on any atom is -0.489 e. The van der Waals surface area contributed by atoms with E-state index in [9.17, 15) is 4.79 Å². The van der Waals surface area contributed by atoms with Crippen LogP contribution in [-0.4, -0.2) is 16.2 Å². The standard InChI is InChI=1S/C27H21Cl2NO4/c28-22-5-2-6-23(29)25(22)26-21(27(34-30-26)18-7-8-18)15-33-20-11-9-17(10-12-20)19-4-1-3-16(13-19)14-24(31)32/h1-6,9-13,18H,7-8,14-15H2,(H,31,32). The summed E-state index contributed by atoms with van der Waals surface area (Å²) in [6, 6.07) is 20.6. The highest BCUT2D eigenvalue weighted by atomic mass is 35.5. The van der Waals surface area contributed by atoms with Gasteiger partial charge in [-0.1, -0.05) is 70.8 Å². The highest BCUT2D eigenvalue weighted by Gasteiger charge is 2.33. The summed E-state index contributed by atoms with van der Waals surface area (Å²) in [6.45, 7) is 0.277. The van der Waals surface area contributed by atoms with Gasteiger partial charge in [0.25, 0.3) is 0 Å². The van der Waals surface area contributed by atoms with Crippen molar-refractivity contribution in [2.24, 2.45) is 0 Å². The molecular formula is C27H21Cl2NO4. The van der Waals surface area contributed by atoms with E-state index in [1.54, 1.807) is 18.2 Å². The van der Waals surface area contributed by atoms with Gasteiger partial charge in [-0.2, -0.15) is 0 Å². The fourth-order valence-electron chi connectivity index (χ4n) is 3.98. The van der Waals surface area contributed by atoms with E-state index >= 15 is 0 Å². The summed E-state index contributed by atoms with van der Waals surface area (Å²) < 4.78 is 11.8. The summed E-state index contributed by atoms with van der Waals surface area (Å²) in [5.74, 6) is 1.03. The van der Waals surface area contributed by atoms with E-state index in [4.69, 9.17) is 37.6 Å². The van der Waals surface area contributed by atoms with Crippen molar-refractivity contribution in [2.45, 2.75) is 31.8 Å². The van der Waals surface area contributed by atoms with Crippen molar-refractivity contribution in [3.05, 3.63) is 93.7 Å². The van der Waals surface area contributed by atoms with Crippen molar-refractivity contribution in [1.29, 1.82) is 0 Å². The van der Waals surface area contributed by atoms with Gasteiger partial charge >= 0.3 is 5.97 Å². The van der Waals surface area contributed by atoms with E-state index in [1.807, 2.05) is 48.5 Å². The monoisotopic (exact) mass is 493 g/mol. The first-order valence-electron chi connectivity index (χ1n) is 11.0. The largest absolute Gasteiger partial charge is 0.489 e. The van der Waals surface area contributed by atoms with E-state index in [-0.39, 0.29) is 13.0 Å². The second-order valence-corrected chi connectivity index (χ2v) is 9.14. The molecule has 0 bridgehead atoms. The fourth-order valence-corrected chi connectivity index (χ4v) is 4.56. The normalized spacial score (nSPS) is 13.1. The quantitative estimate of drug-likeness (QED) is 0.276. The Morgan fingerprint density at radius 1 is 1.00 bits per heavy atom. The molecule has 5 nitrogen and oxygen atoms in total. The number of aromatic nitrogens is 1. The van der Waals surface area contributed by atoms with Crippen LogP contribution in [0.5, 0.6) is 5.75 Å². The molecule has 0 saturated heterocycles. The van der Waals surface area contributed by atoms with Crippen LogP contribution in [0.1, 0.15) is 35.6 Å².